The maximum atomic E-state index is 12.2. The lowest BCUT2D eigenvalue weighted by Gasteiger charge is -2.17. The predicted octanol–water partition coefficient (Wildman–Crippen LogP) is 5.76. The van der Waals surface area contributed by atoms with E-state index in [4.69, 9.17) is 0 Å². The van der Waals surface area contributed by atoms with Gasteiger partial charge in [-0.25, -0.2) is 4.79 Å². The van der Waals surface area contributed by atoms with Gasteiger partial charge in [-0.2, -0.15) is 5.26 Å². The van der Waals surface area contributed by atoms with Crippen LogP contribution in [0.1, 0.15) is 53.0 Å². The van der Waals surface area contributed by atoms with Gasteiger partial charge in [-0.1, -0.05) is 74.0 Å². The molecule has 4 rings (SSSR count). The van der Waals surface area contributed by atoms with Crippen LogP contribution < -0.4 is 0 Å². The summed E-state index contributed by atoms with van der Waals surface area (Å²) in [7, 11) is 0. The Labute approximate surface area is 186 Å². The van der Waals surface area contributed by atoms with Crippen molar-refractivity contribution in [3.63, 3.8) is 0 Å². The molecule has 0 aliphatic rings. The molecule has 0 radical (unpaired) electrons. The lowest BCUT2D eigenvalue weighted by Crippen LogP contribution is -2.13. The number of nitrogens with zero attached hydrogens (tertiary/aromatic N) is 2. The number of unbranched alkanes of at least 4 members (excludes halogenated alkanes) is 1. The van der Waals surface area contributed by atoms with Crippen molar-refractivity contribution >= 4 is 16.9 Å². The molecule has 1 aromatic heterocycles. The fourth-order valence-electron chi connectivity index (χ4n) is 4.22. The van der Waals surface area contributed by atoms with Crippen LogP contribution in [0.5, 0.6) is 0 Å². The molecule has 5 heteroatoms. The summed E-state index contributed by atoms with van der Waals surface area (Å²) in [6, 6.07) is 24.2. The molecule has 1 atom stereocenters. The topological polar surface area (TPSA) is 86.3 Å². The number of nitriles is 1. The zero-order chi connectivity index (χ0) is 22.7. The summed E-state index contributed by atoms with van der Waals surface area (Å²) in [5.41, 5.74) is 4.22. The highest BCUT2D eigenvalue weighted by Crippen LogP contribution is 2.35. The van der Waals surface area contributed by atoms with Gasteiger partial charge >= 0.3 is 5.97 Å². The van der Waals surface area contributed by atoms with Crippen LogP contribution in [-0.4, -0.2) is 20.7 Å². The average Bonchev–Trinajstić information content (AvgIpc) is 3.16. The number of hydrogen-bond acceptors (Lipinski definition) is 3. The first kappa shape index (κ1) is 21.4. The Balaban J connectivity index is 1.81. The van der Waals surface area contributed by atoms with Crippen LogP contribution in [0.15, 0.2) is 72.8 Å². The normalized spacial score (nSPS) is 11.9. The summed E-state index contributed by atoms with van der Waals surface area (Å²) < 4.78 is 1.94. The molecule has 0 aliphatic heterocycles. The van der Waals surface area contributed by atoms with E-state index in [1.54, 1.807) is 24.3 Å². The van der Waals surface area contributed by atoms with Gasteiger partial charge < -0.3 is 14.8 Å². The van der Waals surface area contributed by atoms with Crippen molar-refractivity contribution in [2.24, 2.45) is 0 Å². The van der Waals surface area contributed by atoms with Crippen LogP contribution in [0.2, 0.25) is 0 Å². The second-order valence-corrected chi connectivity index (χ2v) is 7.77. The van der Waals surface area contributed by atoms with Crippen LogP contribution in [0.25, 0.3) is 22.0 Å². The van der Waals surface area contributed by atoms with Crippen LogP contribution in [0, 0.1) is 11.3 Å². The molecule has 4 aromatic rings. The first-order chi connectivity index (χ1) is 15.6. The van der Waals surface area contributed by atoms with Gasteiger partial charge in [0, 0.05) is 17.4 Å². The number of carboxylic acid groups (broad SMARTS) is 1. The number of rotatable bonds is 7. The summed E-state index contributed by atoms with van der Waals surface area (Å²) in [6.45, 7) is 2.71. The Hall–Kier alpha value is -3.88. The summed E-state index contributed by atoms with van der Waals surface area (Å²) in [6.07, 6.45) is 0.740. The van der Waals surface area contributed by atoms with Crippen molar-refractivity contribution in [2.45, 2.75) is 32.4 Å². The Morgan fingerprint density at radius 3 is 2.41 bits per heavy atom. The summed E-state index contributed by atoms with van der Waals surface area (Å²) in [4.78, 5) is 12.2. The number of para-hydroxylation sites is 1. The van der Waals surface area contributed by atoms with E-state index in [2.05, 4.69) is 13.0 Å². The van der Waals surface area contributed by atoms with E-state index in [1.165, 1.54) is 0 Å². The maximum absolute atomic E-state index is 12.2. The third-order valence-electron chi connectivity index (χ3n) is 5.80. The standard InChI is InChI=1S/C27H24N2O3/c1-2-3-16-29-23-11-7-6-10-22(23)24(27(31)32)25(29)26(30)19-14-12-18(13-15-19)21-9-5-4-8-20(21)17-28/h4-15,26,30H,2-3,16H2,1H3,(H,31,32). The molecule has 0 amide bonds. The minimum absolute atomic E-state index is 0.142. The number of aromatic carboxylic acids is 1. The maximum Gasteiger partial charge on any atom is 0.338 e. The average molecular weight is 425 g/mol. The second kappa shape index (κ2) is 9.09. The Morgan fingerprint density at radius 2 is 1.72 bits per heavy atom. The van der Waals surface area contributed by atoms with Crippen molar-refractivity contribution < 1.29 is 15.0 Å². The number of aryl methyl sites for hydroxylation is 1. The van der Waals surface area contributed by atoms with Gasteiger partial charge in [0.2, 0.25) is 0 Å². The molecule has 1 unspecified atom stereocenters. The summed E-state index contributed by atoms with van der Waals surface area (Å²) in [5.74, 6) is -1.05. The largest absolute Gasteiger partial charge is 0.478 e. The van der Waals surface area contributed by atoms with E-state index in [1.807, 2.05) is 53.1 Å². The van der Waals surface area contributed by atoms with Crippen molar-refractivity contribution in [1.82, 2.24) is 4.57 Å². The van der Waals surface area contributed by atoms with Crippen LogP contribution in [0.4, 0.5) is 0 Å². The van der Waals surface area contributed by atoms with Crippen LogP contribution in [-0.2, 0) is 6.54 Å². The second-order valence-electron chi connectivity index (χ2n) is 7.77. The molecule has 0 bridgehead atoms. The molecule has 32 heavy (non-hydrogen) atoms. The molecule has 0 aliphatic carbocycles. The van der Waals surface area contributed by atoms with Crippen molar-refractivity contribution in [2.75, 3.05) is 0 Å². The molecule has 160 valence electrons. The number of fused-ring (bicyclic) bond motifs is 1. The van der Waals surface area contributed by atoms with E-state index < -0.39 is 12.1 Å². The number of carbonyl (C=O) groups is 1. The van der Waals surface area contributed by atoms with Gasteiger partial charge in [0.25, 0.3) is 0 Å². The van der Waals surface area contributed by atoms with Gasteiger partial charge in [0.05, 0.1) is 22.9 Å². The van der Waals surface area contributed by atoms with Crippen molar-refractivity contribution in [1.29, 1.82) is 5.26 Å². The van der Waals surface area contributed by atoms with Gasteiger partial charge in [0.15, 0.2) is 0 Å². The lowest BCUT2D eigenvalue weighted by atomic mass is 9.96. The molecule has 0 fully saturated rings. The van der Waals surface area contributed by atoms with Crippen molar-refractivity contribution in [3.8, 4) is 17.2 Å². The van der Waals surface area contributed by atoms with E-state index in [0.717, 1.165) is 29.5 Å². The van der Waals surface area contributed by atoms with Gasteiger partial charge in [-0.15, -0.1) is 0 Å². The Morgan fingerprint density at radius 1 is 1.03 bits per heavy atom. The minimum atomic E-state index is -1.09. The molecule has 5 nitrogen and oxygen atoms in total. The highest BCUT2D eigenvalue weighted by atomic mass is 16.4. The van der Waals surface area contributed by atoms with Crippen molar-refractivity contribution in [3.05, 3.63) is 95.2 Å². The molecule has 1 heterocycles. The number of benzene rings is 3. The molecule has 2 N–H and O–H groups in total. The van der Waals surface area contributed by atoms with Gasteiger partial charge in [0.1, 0.15) is 6.10 Å². The summed E-state index contributed by atoms with van der Waals surface area (Å²) >= 11 is 0. The van der Waals surface area contributed by atoms with Crippen LogP contribution in [0.3, 0.4) is 0 Å². The highest BCUT2D eigenvalue weighted by molar-refractivity contribution is 6.05. The Bertz CT molecular complexity index is 1310. The first-order valence-corrected chi connectivity index (χ1v) is 10.7. The number of aliphatic hydroxyl groups is 1. The zero-order valence-electron chi connectivity index (χ0n) is 17.8. The van der Waals surface area contributed by atoms with Gasteiger partial charge in [-0.05, 0) is 35.2 Å². The van der Waals surface area contributed by atoms with E-state index in [9.17, 15) is 20.3 Å². The monoisotopic (exact) mass is 424 g/mol. The number of aromatic nitrogens is 1. The van der Waals surface area contributed by atoms with Gasteiger partial charge in [-0.3, -0.25) is 0 Å². The fraction of sp³-hybridized carbons (Fsp3) is 0.185. The zero-order valence-corrected chi connectivity index (χ0v) is 17.8. The van der Waals surface area contributed by atoms with E-state index in [0.29, 0.717) is 28.8 Å². The number of hydrogen-bond donors (Lipinski definition) is 2. The molecular weight excluding hydrogens is 400 g/mol. The SMILES string of the molecule is CCCCn1c(C(O)c2ccc(-c3ccccc3C#N)cc2)c(C(=O)O)c2ccccc21. The smallest absolute Gasteiger partial charge is 0.338 e. The summed E-state index contributed by atoms with van der Waals surface area (Å²) in [5, 5.41) is 31.3. The Kier molecular flexibility index (Phi) is 6.07. The quantitative estimate of drug-likeness (QED) is 0.395. The predicted molar refractivity (Wildman–Crippen MR) is 124 cm³/mol. The number of aliphatic hydroxyl groups excluding tert-OH is 1. The van der Waals surface area contributed by atoms with E-state index in [-0.39, 0.29) is 5.56 Å². The molecule has 0 spiro atoms. The highest BCUT2D eigenvalue weighted by Gasteiger charge is 2.27. The fourth-order valence-corrected chi connectivity index (χ4v) is 4.22. The third kappa shape index (κ3) is 3.77. The molecular formula is C27H24N2O3. The molecule has 0 saturated heterocycles. The van der Waals surface area contributed by atoms with Crippen LogP contribution >= 0.6 is 0 Å². The lowest BCUT2D eigenvalue weighted by molar-refractivity contribution is 0.0692. The molecule has 3 aromatic carbocycles. The minimum Gasteiger partial charge on any atom is -0.478 e. The first-order valence-electron chi connectivity index (χ1n) is 10.7. The number of carboxylic acids is 1. The third-order valence-corrected chi connectivity index (χ3v) is 5.80. The van der Waals surface area contributed by atoms with E-state index >= 15 is 0 Å². The molecule has 0 saturated carbocycles.